The Morgan fingerprint density at radius 2 is 1.84 bits per heavy atom. The maximum absolute atomic E-state index is 9.41. The molecule has 0 saturated heterocycles. The Morgan fingerprint density at radius 3 is 2.32 bits per heavy atom. The van der Waals surface area contributed by atoms with Gasteiger partial charge < -0.3 is 14.9 Å². The lowest BCUT2D eigenvalue weighted by Gasteiger charge is -2.18. The van der Waals surface area contributed by atoms with E-state index in [1.807, 2.05) is 44.1 Å². The van der Waals surface area contributed by atoms with Crippen LogP contribution in [0.2, 0.25) is 0 Å². The molecule has 0 aliphatic rings. The Kier molecular flexibility index (Phi) is 7.82. The topological polar surface area (TPSA) is 39.1 Å². The van der Waals surface area contributed by atoms with Crippen molar-refractivity contribution in [2.45, 2.75) is 0 Å². The zero-order chi connectivity index (χ0) is 13.7. The number of hydrogen-bond acceptors (Lipinski definition) is 4. The van der Waals surface area contributed by atoms with Crippen molar-refractivity contribution in [3.05, 3.63) is 24.3 Å². The lowest BCUT2D eigenvalue weighted by molar-refractivity contribution is 0.475. The number of phenolic OH excluding ortho intramolecular Hbond substituents is 1. The van der Waals surface area contributed by atoms with Crippen LogP contribution in [0.3, 0.4) is 0 Å². The summed E-state index contributed by atoms with van der Waals surface area (Å²) < 4.78 is 0.739. The van der Waals surface area contributed by atoms with E-state index in [1.54, 1.807) is 18.2 Å². The normalized spacial score (nSPS) is 10.6. The van der Waals surface area contributed by atoms with Crippen LogP contribution in [0.4, 0.5) is 5.69 Å². The van der Waals surface area contributed by atoms with Crippen molar-refractivity contribution in [3.8, 4) is 5.75 Å². The molecule has 19 heavy (non-hydrogen) atoms. The number of hydrogen-bond donors (Lipinski definition) is 1. The highest BCUT2D eigenvalue weighted by molar-refractivity contribution is 8.32. The van der Waals surface area contributed by atoms with Crippen LogP contribution in [-0.4, -0.2) is 52.6 Å². The quantitative estimate of drug-likeness (QED) is 0.489. The highest BCUT2D eigenvalue weighted by Gasteiger charge is 2.09. The lowest BCUT2D eigenvalue weighted by atomic mass is 10.3. The summed E-state index contributed by atoms with van der Waals surface area (Å²) in [5.41, 5.74) is 0.702. The highest BCUT2D eigenvalue weighted by Crippen LogP contribution is 2.22. The highest BCUT2D eigenvalue weighted by atomic mass is 35.5. The Bertz CT molecular complexity index is 464. The van der Waals surface area contributed by atoms with Gasteiger partial charge in [-0.05, 0) is 23.9 Å². The van der Waals surface area contributed by atoms with Gasteiger partial charge in [0.05, 0.1) is 5.69 Å². The number of rotatable bonds is 1. The first-order valence-corrected chi connectivity index (χ1v) is 6.57. The Labute approximate surface area is 129 Å². The van der Waals surface area contributed by atoms with E-state index < -0.39 is 0 Å². The zero-order valence-electron chi connectivity index (χ0n) is 11.3. The fraction of sp³-hybridized carbons (Fsp3) is 0.333. The van der Waals surface area contributed by atoms with E-state index in [0.29, 0.717) is 5.69 Å². The summed E-state index contributed by atoms with van der Waals surface area (Å²) in [6.07, 6.45) is 0. The molecular weight excluding hydrogens is 302 g/mol. The van der Waals surface area contributed by atoms with Gasteiger partial charge in [0.2, 0.25) is 0 Å². The molecule has 0 spiro atoms. The largest absolute Gasteiger partial charge is 0.508 e. The number of thiocarbonyl (C=S) groups is 1. The van der Waals surface area contributed by atoms with Gasteiger partial charge in [-0.2, -0.15) is 0 Å². The molecule has 0 unspecified atom stereocenters. The maximum atomic E-state index is 9.41. The lowest BCUT2D eigenvalue weighted by Crippen LogP contribution is -2.24. The van der Waals surface area contributed by atoms with Gasteiger partial charge in [-0.25, -0.2) is 4.99 Å². The van der Waals surface area contributed by atoms with Crippen LogP contribution in [0.25, 0.3) is 0 Å². The Hall–Kier alpha value is -0.980. The molecule has 0 amide bonds. The third kappa shape index (κ3) is 6.13. The van der Waals surface area contributed by atoms with E-state index in [9.17, 15) is 5.11 Å². The molecule has 0 saturated carbocycles. The van der Waals surface area contributed by atoms with Crippen LogP contribution >= 0.6 is 36.4 Å². The summed E-state index contributed by atoms with van der Waals surface area (Å²) in [4.78, 5) is 8.23. The second kappa shape index (κ2) is 8.24. The molecule has 0 aliphatic heterocycles. The van der Waals surface area contributed by atoms with Crippen LogP contribution < -0.4 is 0 Å². The minimum Gasteiger partial charge on any atom is -0.508 e. The van der Waals surface area contributed by atoms with E-state index >= 15 is 0 Å². The van der Waals surface area contributed by atoms with Crippen molar-refractivity contribution in [1.29, 1.82) is 0 Å². The third-order valence-electron chi connectivity index (χ3n) is 1.98. The van der Waals surface area contributed by atoms with Crippen LogP contribution in [0, 0.1) is 0 Å². The van der Waals surface area contributed by atoms with Gasteiger partial charge in [0.1, 0.15) is 10.1 Å². The zero-order valence-corrected chi connectivity index (χ0v) is 13.8. The van der Waals surface area contributed by atoms with Crippen LogP contribution in [0.5, 0.6) is 5.75 Å². The van der Waals surface area contributed by atoms with Gasteiger partial charge in [0.25, 0.3) is 0 Å². The molecule has 1 N–H and O–H groups in total. The third-order valence-corrected chi connectivity index (χ3v) is 3.77. The van der Waals surface area contributed by atoms with E-state index in [2.05, 4.69) is 4.99 Å². The van der Waals surface area contributed by atoms with Crippen LogP contribution in [0.1, 0.15) is 0 Å². The fourth-order valence-corrected chi connectivity index (χ4v) is 1.95. The molecule has 106 valence electrons. The number of phenols is 1. The van der Waals surface area contributed by atoms with Crippen molar-refractivity contribution < 1.29 is 5.11 Å². The van der Waals surface area contributed by atoms with Crippen molar-refractivity contribution in [2.75, 3.05) is 28.2 Å². The molecule has 0 fully saturated rings. The molecule has 0 atom stereocenters. The summed E-state index contributed by atoms with van der Waals surface area (Å²) in [5.74, 6) is 0.203. The molecule has 0 aromatic heterocycles. The van der Waals surface area contributed by atoms with Crippen LogP contribution in [-0.2, 0) is 0 Å². The number of aliphatic imine (C=N–C) groups is 1. The van der Waals surface area contributed by atoms with Gasteiger partial charge in [0, 0.05) is 34.3 Å². The predicted molar refractivity (Wildman–Crippen MR) is 90.0 cm³/mol. The molecule has 0 radical (unpaired) electrons. The number of benzene rings is 1. The molecular formula is C12H18ClN3OS2. The number of aromatic hydroxyl groups is 1. The van der Waals surface area contributed by atoms with Gasteiger partial charge in [-0.15, -0.1) is 12.4 Å². The molecule has 0 aliphatic carbocycles. The average molecular weight is 320 g/mol. The van der Waals surface area contributed by atoms with Crippen molar-refractivity contribution >= 4 is 51.6 Å². The summed E-state index contributed by atoms with van der Waals surface area (Å²) in [6.45, 7) is 0. The maximum Gasteiger partial charge on any atom is 0.170 e. The minimum atomic E-state index is 0. The van der Waals surface area contributed by atoms with E-state index in [1.165, 1.54) is 11.8 Å². The minimum absolute atomic E-state index is 0. The van der Waals surface area contributed by atoms with Gasteiger partial charge in [0.15, 0.2) is 5.17 Å². The summed E-state index contributed by atoms with van der Waals surface area (Å²) in [5, 5.41) is 10.2. The molecule has 7 heteroatoms. The Balaban J connectivity index is 0.00000324. The first-order valence-electron chi connectivity index (χ1n) is 5.34. The summed E-state index contributed by atoms with van der Waals surface area (Å²) in [6, 6.07) is 6.83. The van der Waals surface area contributed by atoms with E-state index in [0.717, 1.165) is 9.49 Å². The second-order valence-electron chi connectivity index (χ2n) is 4.07. The van der Waals surface area contributed by atoms with Crippen molar-refractivity contribution in [2.24, 2.45) is 4.99 Å². The van der Waals surface area contributed by atoms with Gasteiger partial charge >= 0.3 is 0 Å². The Morgan fingerprint density at radius 1 is 1.21 bits per heavy atom. The SMILES string of the molecule is CN(C)C(=S)SC(=Nc1cccc(O)c1)N(C)C.Cl. The number of nitrogens with zero attached hydrogens (tertiary/aromatic N) is 3. The van der Waals surface area contributed by atoms with E-state index in [4.69, 9.17) is 12.2 Å². The molecule has 4 nitrogen and oxygen atoms in total. The molecule has 1 aromatic rings. The van der Waals surface area contributed by atoms with Gasteiger partial charge in [-0.3, -0.25) is 0 Å². The monoisotopic (exact) mass is 319 g/mol. The second-order valence-corrected chi connectivity index (χ2v) is 5.67. The smallest absolute Gasteiger partial charge is 0.170 e. The van der Waals surface area contributed by atoms with Crippen molar-refractivity contribution in [3.63, 3.8) is 0 Å². The molecule has 1 rings (SSSR count). The number of halogens is 1. The summed E-state index contributed by atoms with van der Waals surface area (Å²) >= 11 is 6.66. The molecule has 0 bridgehead atoms. The standard InChI is InChI=1S/C12H17N3OS2.ClH/c1-14(2)11(18-12(17)15(3)4)13-9-6-5-7-10(16)8-9;/h5-8,16H,1-4H3;1H. The predicted octanol–water partition coefficient (Wildman–Crippen LogP) is 2.94. The number of thioether (sulfide) groups is 1. The van der Waals surface area contributed by atoms with Crippen molar-refractivity contribution in [1.82, 2.24) is 9.80 Å². The first kappa shape index (κ1) is 18.0. The van der Waals surface area contributed by atoms with Gasteiger partial charge in [-0.1, -0.05) is 18.3 Å². The van der Waals surface area contributed by atoms with Crippen LogP contribution in [0.15, 0.2) is 29.3 Å². The van der Waals surface area contributed by atoms with E-state index in [-0.39, 0.29) is 18.2 Å². The molecule has 1 aromatic carbocycles. The fourth-order valence-electron chi connectivity index (χ4n) is 1.06. The average Bonchev–Trinajstić information content (AvgIpc) is 2.27. The number of amidine groups is 1. The first-order chi connectivity index (χ1) is 8.40. The molecule has 0 heterocycles. The summed E-state index contributed by atoms with van der Waals surface area (Å²) in [7, 11) is 7.62.